The zero-order chi connectivity index (χ0) is 23.8. The van der Waals surface area contributed by atoms with E-state index in [-0.39, 0.29) is 11.6 Å². The van der Waals surface area contributed by atoms with Crippen LogP contribution >= 0.6 is 0 Å². The third kappa shape index (κ3) is 3.39. The molecule has 3 aliphatic heterocycles. The third-order valence-corrected chi connectivity index (χ3v) is 8.11. The van der Waals surface area contributed by atoms with E-state index in [1.807, 2.05) is 30.1 Å². The lowest BCUT2D eigenvalue weighted by atomic mass is 9.86. The lowest BCUT2D eigenvalue weighted by Crippen LogP contribution is -2.30. The number of fused-ring (bicyclic) bond motifs is 2. The second-order valence-electron chi connectivity index (χ2n) is 10.2. The van der Waals surface area contributed by atoms with Gasteiger partial charge < -0.3 is 24.8 Å². The fourth-order valence-corrected chi connectivity index (χ4v) is 6.25. The number of nitrogen functional groups attached to an aromatic ring is 1. The highest BCUT2D eigenvalue weighted by Crippen LogP contribution is 2.58. The maximum Gasteiger partial charge on any atom is 0.387 e. The fourth-order valence-electron chi connectivity index (χ4n) is 6.25. The monoisotopic (exact) mass is 480 g/mol. The molecule has 5 fully saturated rings. The Morgan fingerprint density at radius 1 is 1.09 bits per heavy atom. The van der Waals surface area contributed by atoms with E-state index >= 15 is 0 Å². The van der Waals surface area contributed by atoms with E-state index in [4.69, 9.17) is 15.7 Å². The average molecular weight is 481 g/mol. The van der Waals surface area contributed by atoms with E-state index in [0.29, 0.717) is 41.0 Å². The van der Waals surface area contributed by atoms with Crippen molar-refractivity contribution in [2.45, 2.75) is 31.4 Å². The van der Waals surface area contributed by atoms with Crippen LogP contribution in [0.1, 0.15) is 24.5 Å². The Kier molecular flexibility index (Phi) is 4.46. The molecule has 3 saturated heterocycles. The van der Waals surface area contributed by atoms with Crippen LogP contribution in [0.5, 0.6) is 5.75 Å². The molecule has 11 heteroatoms. The van der Waals surface area contributed by atoms with Gasteiger partial charge in [0.1, 0.15) is 0 Å². The lowest BCUT2D eigenvalue weighted by molar-refractivity contribution is -0.0494. The summed E-state index contributed by atoms with van der Waals surface area (Å²) in [5.74, 6) is 3.59. The van der Waals surface area contributed by atoms with Crippen LogP contribution in [-0.4, -0.2) is 56.8 Å². The standard InChI is InChI=1S/C24H26F2N8O/c1-32-3-2-28-24(32)33-10-15-16(11-33)20(15)18-7-17(13-6-19(35-22(25)26)21(27)29-8-13)30-23(31-18)34-9-12-4-14(34)5-12/h2-3,6-8,12,14-16,20,22H,4-5,9-11H2,1H3,(H2,27,29)/t12?,14?,15-,16+,20+. The molecule has 5 aliphatic rings. The topological polar surface area (TPSA) is 98.2 Å². The number of alkyl halides is 2. The molecule has 0 unspecified atom stereocenters. The van der Waals surface area contributed by atoms with Gasteiger partial charge in [-0.3, -0.25) is 0 Å². The minimum atomic E-state index is -2.98. The first-order valence-electron chi connectivity index (χ1n) is 12.0. The number of ether oxygens (including phenoxy) is 1. The molecule has 182 valence electrons. The minimum absolute atomic E-state index is 0.0741. The van der Waals surface area contributed by atoms with Crippen molar-refractivity contribution in [3.05, 3.63) is 36.4 Å². The smallest absolute Gasteiger partial charge is 0.387 e. The van der Waals surface area contributed by atoms with Gasteiger partial charge in [0.15, 0.2) is 11.6 Å². The molecule has 2 aliphatic carbocycles. The number of aryl methyl sites for hydroxylation is 1. The van der Waals surface area contributed by atoms with E-state index < -0.39 is 6.61 Å². The van der Waals surface area contributed by atoms with Crippen molar-refractivity contribution in [2.24, 2.45) is 24.8 Å². The Morgan fingerprint density at radius 2 is 1.89 bits per heavy atom. The molecule has 2 bridgehead atoms. The molecule has 8 rings (SSSR count). The molecule has 3 aromatic heterocycles. The maximum absolute atomic E-state index is 12.9. The molecule has 2 N–H and O–H groups in total. The second-order valence-corrected chi connectivity index (χ2v) is 10.2. The molecule has 3 aromatic rings. The Morgan fingerprint density at radius 3 is 2.54 bits per heavy atom. The Balaban J connectivity index is 1.21. The van der Waals surface area contributed by atoms with Crippen LogP contribution in [0.15, 0.2) is 30.7 Å². The largest absolute Gasteiger partial charge is 0.431 e. The van der Waals surface area contributed by atoms with Crippen LogP contribution in [-0.2, 0) is 7.05 Å². The van der Waals surface area contributed by atoms with Crippen LogP contribution in [0, 0.1) is 17.8 Å². The summed E-state index contributed by atoms with van der Waals surface area (Å²) in [4.78, 5) is 23.1. The highest BCUT2D eigenvalue weighted by molar-refractivity contribution is 5.66. The summed E-state index contributed by atoms with van der Waals surface area (Å²) in [6.45, 7) is -0.120. The number of pyridine rings is 1. The number of hydrogen-bond donors (Lipinski definition) is 1. The number of hydrogen-bond acceptors (Lipinski definition) is 8. The predicted octanol–water partition coefficient (Wildman–Crippen LogP) is 2.90. The maximum atomic E-state index is 12.9. The molecule has 0 spiro atoms. The van der Waals surface area contributed by atoms with Crippen molar-refractivity contribution in [2.75, 3.05) is 35.2 Å². The predicted molar refractivity (Wildman–Crippen MR) is 125 cm³/mol. The number of nitrogens with zero attached hydrogens (tertiary/aromatic N) is 7. The molecule has 9 nitrogen and oxygen atoms in total. The number of imidazole rings is 1. The molecular formula is C24H26F2N8O. The summed E-state index contributed by atoms with van der Waals surface area (Å²) in [7, 11) is 2.01. The SMILES string of the molecule is Cn1ccnc1N1C[C@@H]2[C@H](C1)[C@H]2c1cc(-c2cnc(N)c(OC(F)F)c2)nc(N2CC3CC2C3)n1. The van der Waals surface area contributed by atoms with Gasteiger partial charge in [-0.2, -0.15) is 8.78 Å². The van der Waals surface area contributed by atoms with Crippen LogP contribution in [0.3, 0.4) is 0 Å². The van der Waals surface area contributed by atoms with E-state index in [9.17, 15) is 8.78 Å². The number of aromatic nitrogens is 5. The Labute approximate surface area is 201 Å². The second kappa shape index (κ2) is 7.50. The average Bonchev–Trinajstić information content (AvgIpc) is 3.35. The van der Waals surface area contributed by atoms with E-state index in [2.05, 4.69) is 24.5 Å². The van der Waals surface area contributed by atoms with Crippen molar-refractivity contribution in [3.63, 3.8) is 0 Å². The van der Waals surface area contributed by atoms with Crippen LogP contribution in [0.25, 0.3) is 11.3 Å². The summed E-state index contributed by atoms with van der Waals surface area (Å²) in [5.41, 5.74) is 8.02. The number of rotatable bonds is 6. The zero-order valence-electron chi connectivity index (χ0n) is 19.3. The van der Waals surface area contributed by atoms with Gasteiger partial charge in [-0.15, -0.1) is 0 Å². The van der Waals surface area contributed by atoms with Gasteiger partial charge >= 0.3 is 6.61 Å². The first kappa shape index (κ1) is 20.8. The van der Waals surface area contributed by atoms with Crippen LogP contribution in [0.2, 0.25) is 0 Å². The summed E-state index contributed by atoms with van der Waals surface area (Å²) < 4.78 is 32.4. The van der Waals surface area contributed by atoms with Crippen molar-refractivity contribution >= 4 is 17.7 Å². The first-order chi connectivity index (χ1) is 16.9. The fraction of sp³-hybridized carbons (Fsp3) is 0.500. The third-order valence-electron chi connectivity index (χ3n) is 8.11. The van der Waals surface area contributed by atoms with Crippen LogP contribution < -0.4 is 20.3 Å². The quantitative estimate of drug-likeness (QED) is 0.575. The van der Waals surface area contributed by atoms with Gasteiger partial charge in [-0.05, 0) is 42.7 Å². The first-order valence-corrected chi connectivity index (χ1v) is 12.0. The Bertz CT molecular complexity index is 1280. The summed E-state index contributed by atoms with van der Waals surface area (Å²) >= 11 is 0. The van der Waals surface area contributed by atoms with Gasteiger partial charge in [0.2, 0.25) is 11.9 Å². The normalized spacial score (nSPS) is 28.4. The van der Waals surface area contributed by atoms with Gasteiger partial charge in [0, 0.05) is 62.8 Å². The number of piperidine rings is 1. The van der Waals surface area contributed by atoms with E-state index in [1.165, 1.54) is 18.9 Å². The number of halogens is 2. The van der Waals surface area contributed by atoms with E-state index in [1.54, 1.807) is 6.20 Å². The van der Waals surface area contributed by atoms with E-state index in [0.717, 1.165) is 37.2 Å². The van der Waals surface area contributed by atoms with Gasteiger partial charge in [0.25, 0.3) is 0 Å². The Hall–Kier alpha value is -3.50. The van der Waals surface area contributed by atoms with Crippen molar-refractivity contribution in [1.29, 1.82) is 0 Å². The lowest BCUT2D eigenvalue weighted by Gasteiger charge is -2.26. The summed E-state index contributed by atoms with van der Waals surface area (Å²) in [6.07, 6.45) is 7.73. The molecule has 0 aromatic carbocycles. The van der Waals surface area contributed by atoms with Crippen molar-refractivity contribution in [1.82, 2.24) is 24.5 Å². The molecule has 35 heavy (non-hydrogen) atoms. The molecule has 2 saturated carbocycles. The minimum Gasteiger partial charge on any atom is -0.431 e. The molecular weight excluding hydrogens is 454 g/mol. The highest BCUT2D eigenvalue weighted by Gasteiger charge is 2.58. The summed E-state index contributed by atoms with van der Waals surface area (Å²) in [5, 5.41) is 0. The molecule has 0 radical (unpaired) electrons. The van der Waals surface area contributed by atoms with Crippen molar-refractivity contribution < 1.29 is 13.5 Å². The van der Waals surface area contributed by atoms with Crippen LogP contribution in [0.4, 0.5) is 26.5 Å². The number of anilines is 3. The number of nitrogens with two attached hydrogens (primary N) is 1. The molecule has 6 heterocycles. The van der Waals surface area contributed by atoms with Gasteiger partial charge in [-0.25, -0.2) is 19.9 Å². The highest BCUT2D eigenvalue weighted by atomic mass is 19.3. The van der Waals surface area contributed by atoms with Crippen molar-refractivity contribution in [3.8, 4) is 17.0 Å². The molecule has 3 atom stereocenters. The molecule has 0 amide bonds. The summed E-state index contributed by atoms with van der Waals surface area (Å²) in [6, 6.07) is 3.96. The van der Waals surface area contributed by atoms with Gasteiger partial charge in [0.05, 0.1) is 11.4 Å². The van der Waals surface area contributed by atoms with Gasteiger partial charge in [-0.1, -0.05) is 0 Å². The zero-order valence-corrected chi connectivity index (χ0v) is 19.3.